The quantitative estimate of drug-likeness (QED) is 0.137. The fraction of sp³-hybridized carbons (Fsp3) is 0.400. The summed E-state index contributed by atoms with van der Waals surface area (Å²) in [6.07, 6.45) is -2.37. The topological polar surface area (TPSA) is 92.5 Å². The Morgan fingerprint density at radius 1 is 0.760 bits per heavy atom. The molecule has 0 amide bonds. The van der Waals surface area contributed by atoms with Crippen LogP contribution in [0.1, 0.15) is 48.3 Å². The van der Waals surface area contributed by atoms with Crippen molar-refractivity contribution in [2.75, 3.05) is 19.8 Å². The van der Waals surface area contributed by atoms with Crippen molar-refractivity contribution >= 4 is 10.0 Å². The summed E-state index contributed by atoms with van der Waals surface area (Å²) >= 11 is 0. The highest BCUT2D eigenvalue weighted by atomic mass is 32.2. The molecule has 0 radical (unpaired) electrons. The fourth-order valence-corrected chi connectivity index (χ4v) is 8.66. The smallest absolute Gasteiger partial charge is 0.243 e. The Balaban J connectivity index is 1.16. The molecule has 10 heteroatoms. The van der Waals surface area contributed by atoms with Crippen LogP contribution in [0, 0.1) is 6.92 Å². The number of nitrogens with zero attached hydrogens (tertiary/aromatic N) is 1. The molecule has 0 saturated carbocycles. The molecule has 4 aromatic carbocycles. The molecule has 264 valence electrons. The lowest BCUT2D eigenvalue weighted by Gasteiger charge is -2.49. The maximum absolute atomic E-state index is 13.7. The van der Waals surface area contributed by atoms with Gasteiger partial charge in [-0.1, -0.05) is 122 Å². The zero-order chi connectivity index (χ0) is 34.6. The van der Waals surface area contributed by atoms with E-state index in [1.807, 2.05) is 110 Å². The molecule has 2 unspecified atom stereocenters. The van der Waals surface area contributed by atoms with E-state index in [0.29, 0.717) is 26.2 Å². The minimum Gasteiger partial charge on any atom is -0.368 e. The van der Waals surface area contributed by atoms with Gasteiger partial charge >= 0.3 is 0 Å². The third-order valence-corrected chi connectivity index (χ3v) is 11.6. The van der Waals surface area contributed by atoms with Gasteiger partial charge in [0.25, 0.3) is 0 Å². The van der Waals surface area contributed by atoms with Crippen molar-refractivity contribution in [3.8, 4) is 0 Å². The molecule has 0 spiro atoms. The predicted octanol–water partition coefficient (Wildman–Crippen LogP) is 6.56. The van der Waals surface area contributed by atoms with Crippen LogP contribution in [-0.4, -0.2) is 68.7 Å². The normalized spacial score (nSPS) is 29.3. The Kier molecular flexibility index (Phi) is 10.8. The van der Waals surface area contributed by atoms with E-state index in [-0.39, 0.29) is 18.1 Å². The first-order valence-electron chi connectivity index (χ1n) is 17.4. The molecule has 50 heavy (non-hydrogen) atoms. The van der Waals surface area contributed by atoms with Crippen LogP contribution >= 0.6 is 0 Å². The maximum atomic E-state index is 13.7. The van der Waals surface area contributed by atoms with E-state index in [4.69, 9.17) is 28.4 Å². The van der Waals surface area contributed by atoms with Crippen LogP contribution < -0.4 is 0 Å². The van der Waals surface area contributed by atoms with Gasteiger partial charge in [-0.2, -0.15) is 4.31 Å². The second-order valence-electron chi connectivity index (χ2n) is 13.4. The van der Waals surface area contributed by atoms with Crippen LogP contribution in [0.2, 0.25) is 0 Å². The van der Waals surface area contributed by atoms with E-state index < -0.39 is 52.6 Å². The van der Waals surface area contributed by atoms with Gasteiger partial charge in [0.15, 0.2) is 12.6 Å². The average Bonchev–Trinajstić information content (AvgIpc) is 3.88. The zero-order valence-electron chi connectivity index (χ0n) is 28.5. The number of fused-ring (bicyclic) bond motifs is 1. The average molecular weight is 700 g/mol. The van der Waals surface area contributed by atoms with Crippen LogP contribution in [0.25, 0.3) is 0 Å². The minimum absolute atomic E-state index is 0.138. The van der Waals surface area contributed by atoms with Crippen LogP contribution in [-0.2, 0) is 51.7 Å². The third kappa shape index (κ3) is 7.73. The molecule has 9 nitrogen and oxygen atoms in total. The highest BCUT2D eigenvalue weighted by molar-refractivity contribution is 7.89. The largest absolute Gasteiger partial charge is 0.368 e. The van der Waals surface area contributed by atoms with Crippen molar-refractivity contribution in [1.29, 1.82) is 0 Å². The molecule has 8 atom stereocenters. The molecule has 4 aromatic rings. The van der Waals surface area contributed by atoms with Crippen molar-refractivity contribution < 1.29 is 36.8 Å². The lowest BCUT2D eigenvalue weighted by molar-refractivity contribution is -0.373. The molecule has 3 saturated heterocycles. The predicted molar refractivity (Wildman–Crippen MR) is 187 cm³/mol. The number of hydrogen-bond acceptors (Lipinski definition) is 8. The van der Waals surface area contributed by atoms with Crippen LogP contribution in [0.3, 0.4) is 0 Å². The van der Waals surface area contributed by atoms with Crippen molar-refractivity contribution in [3.05, 3.63) is 138 Å². The van der Waals surface area contributed by atoms with Gasteiger partial charge in [0.1, 0.15) is 24.4 Å². The Hall–Kier alpha value is -3.45. The standard InChI is InChI=1S/C40H45NO8S/c1-3-23-40(27-41(40)50(42,43)33-21-19-29(2)20-22-33)28-47-39-37(45-25-31-15-9-5-10-16-31)36(44-24-30-13-7-4-8-14-30)35-34(48-39)26-46-38(49-35)32-17-11-6-12-18-32/h4-22,34-39H,3,23-28H2,1-2H3/t34-,35+,36+,37-,38+,39-,40?,41?/m1/s1. The van der Waals surface area contributed by atoms with Crippen molar-refractivity contribution in [2.24, 2.45) is 0 Å². The van der Waals surface area contributed by atoms with Gasteiger partial charge in [0, 0.05) is 12.1 Å². The molecule has 0 bridgehead atoms. The number of rotatable bonds is 14. The number of ether oxygens (including phenoxy) is 6. The van der Waals surface area contributed by atoms with Crippen LogP contribution in [0.4, 0.5) is 0 Å². The van der Waals surface area contributed by atoms with Crippen molar-refractivity contribution in [3.63, 3.8) is 0 Å². The first-order chi connectivity index (χ1) is 24.4. The summed E-state index contributed by atoms with van der Waals surface area (Å²) in [4.78, 5) is 0.278. The molecule has 3 fully saturated rings. The first kappa shape index (κ1) is 35.0. The summed E-state index contributed by atoms with van der Waals surface area (Å²) in [6, 6.07) is 36.7. The summed E-state index contributed by atoms with van der Waals surface area (Å²) in [5, 5.41) is 0. The van der Waals surface area contributed by atoms with Crippen LogP contribution in [0.15, 0.2) is 120 Å². The van der Waals surface area contributed by atoms with E-state index in [2.05, 4.69) is 6.92 Å². The molecule has 0 aliphatic carbocycles. The van der Waals surface area contributed by atoms with E-state index in [1.54, 1.807) is 16.4 Å². The highest BCUT2D eigenvalue weighted by Crippen LogP contribution is 2.44. The molecular weight excluding hydrogens is 655 g/mol. The molecule has 3 heterocycles. The van der Waals surface area contributed by atoms with Gasteiger partial charge in [-0.25, -0.2) is 8.42 Å². The Morgan fingerprint density at radius 2 is 1.36 bits per heavy atom. The number of aryl methyl sites for hydroxylation is 1. The molecule has 3 aliphatic heterocycles. The summed E-state index contributed by atoms with van der Waals surface area (Å²) in [6.45, 7) is 5.38. The number of hydrogen-bond donors (Lipinski definition) is 0. The molecule has 0 N–H and O–H groups in total. The number of sulfonamides is 1. The van der Waals surface area contributed by atoms with Gasteiger partial charge in [0.2, 0.25) is 10.0 Å². The summed E-state index contributed by atoms with van der Waals surface area (Å²) in [5.41, 5.74) is 3.21. The maximum Gasteiger partial charge on any atom is 0.243 e. The second-order valence-corrected chi connectivity index (χ2v) is 15.2. The van der Waals surface area contributed by atoms with E-state index >= 15 is 0 Å². The third-order valence-electron chi connectivity index (χ3n) is 9.63. The van der Waals surface area contributed by atoms with Crippen molar-refractivity contribution in [1.82, 2.24) is 4.31 Å². The fourth-order valence-electron chi connectivity index (χ4n) is 6.87. The SMILES string of the molecule is CCCC1(CO[C@@H]2O[C@@H]3CO[C@H](c4ccccc4)O[C@@H]3[C@H](OCc3ccccc3)[C@H]2OCc2ccccc2)CN1S(=O)(=O)c1ccc(C)cc1. The van der Waals surface area contributed by atoms with Crippen LogP contribution in [0.5, 0.6) is 0 Å². The second kappa shape index (κ2) is 15.4. The van der Waals surface area contributed by atoms with Gasteiger partial charge < -0.3 is 28.4 Å². The minimum atomic E-state index is -3.71. The van der Waals surface area contributed by atoms with Crippen molar-refractivity contribution in [2.45, 2.75) is 87.3 Å². The molecule has 3 aliphatic rings. The zero-order valence-corrected chi connectivity index (χ0v) is 29.3. The lowest BCUT2D eigenvalue weighted by atomic mass is 9.96. The molecular formula is C40H45NO8S. The monoisotopic (exact) mass is 699 g/mol. The summed E-state index contributed by atoms with van der Waals surface area (Å²) in [7, 11) is -3.71. The van der Waals surface area contributed by atoms with E-state index in [0.717, 1.165) is 28.7 Å². The van der Waals surface area contributed by atoms with Gasteiger partial charge in [-0.3, -0.25) is 0 Å². The molecule has 0 aromatic heterocycles. The summed E-state index contributed by atoms with van der Waals surface area (Å²) < 4.78 is 68.5. The Labute approximate surface area is 295 Å². The Bertz CT molecular complexity index is 1780. The lowest BCUT2D eigenvalue weighted by Crippen LogP contribution is -2.63. The molecule has 7 rings (SSSR count). The summed E-state index contributed by atoms with van der Waals surface area (Å²) in [5.74, 6) is 0. The highest BCUT2D eigenvalue weighted by Gasteiger charge is 2.60. The Morgan fingerprint density at radius 3 is 1.98 bits per heavy atom. The van der Waals surface area contributed by atoms with E-state index in [1.165, 1.54) is 0 Å². The first-order valence-corrected chi connectivity index (χ1v) is 18.8. The van der Waals surface area contributed by atoms with Gasteiger partial charge in [0.05, 0.1) is 36.9 Å². The van der Waals surface area contributed by atoms with Gasteiger partial charge in [-0.05, 0) is 36.6 Å². The van der Waals surface area contributed by atoms with Gasteiger partial charge in [-0.15, -0.1) is 0 Å². The number of benzene rings is 4. The van der Waals surface area contributed by atoms with E-state index in [9.17, 15) is 8.42 Å².